The number of carbonyl (C=O) groups excluding carboxylic acids is 1. The molecule has 0 saturated heterocycles. The van der Waals surface area contributed by atoms with Crippen LogP contribution in [0.2, 0.25) is 0 Å². The van der Waals surface area contributed by atoms with Crippen molar-refractivity contribution in [2.24, 2.45) is 5.10 Å². The number of nitrogens with zero attached hydrogens (tertiary/aromatic N) is 1. The molecule has 0 atom stereocenters. The normalized spacial score (nSPS) is 10.4. The van der Waals surface area contributed by atoms with Gasteiger partial charge in [-0.15, -0.1) is 0 Å². The quantitative estimate of drug-likeness (QED) is 0.564. The molecule has 0 aromatic heterocycles. The molecule has 0 spiro atoms. The number of hydrogen-bond acceptors (Lipinski definition) is 7. The first-order valence-corrected chi connectivity index (χ1v) is 7.93. The maximum atomic E-state index is 12.4. The monoisotopic (exact) mass is 374 g/mol. The first kappa shape index (κ1) is 19.9. The fraction of sp³-hybridized carbons (Fsp3) is 0.263. The highest BCUT2D eigenvalue weighted by atomic mass is 16.5. The van der Waals surface area contributed by atoms with Crippen LogP contribution in [0.5, 0.6) is 28.7 Å². The molecule has 8 nitrogen and oxygen atoms in total. The van der Waals surface area contributed by atoms with Crippen LogP contribution in [0, 0.1) is 0 Å². The van der Waals surface area contributed by atoms with Crippen molar-refractivity contribution in [2.75, 3.05) is 35.5 Å². The largest absolute Gasteiger partial charge is 0.497 e. The molecule has 0 saturated carbocycles. The molecule has 1 amide bonds. The molecular weight excluding hydrogens is 352 g/mol. The van der Waals surface area contributed by atoms with Gasteiger partial charge in [-0.3, -0.25) is 4.79 Å². The summed E-state index contributed by atoms with van der Waals surface area (Å²) in [5.74, 6) is 1.96. The summed E-state index contributed by atoms with van der Waals surface area (Å²) in [6, 6.07) is 8.34. The van der Waals surface area contributed by atoms with E-state index in [4.69, 9.17) is 23.7 Å². The van der Waals surface area contributed by atoms with Gasteiger partial charge in [0.25, 0.3) is 5.91 Å². The van der Waals surface area contributed by atoms with Gasteiger partial charge in [-0.25, -0.2) is 5.43 Å². The molecule has 0 aliphatic carbocycles. The molecule has 0 fully saturated rings. The van der Waals surface area contributed by atoms with Crippen molar-refractivity contribution in [3.8, 4) is 28.7 Å². The Kier molecular flexibility index (Phi) is 6.87. The Balaban J connectivity index is 2.22. The number of ether oxygens (including phenoxy) is 5. The van der Waals surface area contributed by atoms with Gasteiger partial charge in [0.15, 0.2) is 11.5 Å². The summed E-state index contributed by atoms with van der Waals surface area (Å²) in [5, 5.41) is 3.98. The minimum absolute atomic E-state index is 0.305. The van der Waals surface area contributed by atoms with Crippen molar-refractivity contribution >= 4 is 12.1 Å². The number of methoxy groups -OCH3 is 5. The number of carbonyl (C=O) groups is 1. The molecule has 0 aliphatic rings. The number of hydrazone groups is 1. The molecule has 2 aromatic rings. The highest BCUT2D eigenvalue weighted by Gasteiger charge is 2.16. The maximum absolute atomic E-state index is 12.4. The molecule has 8 heteroatoms. The zero-order chi connectivity index (χ0) is 19.8. The van der Waals surface area contributed by atoms with Gasteiger partial charge < -0.3 is 23.7 Å². The zero-order valence-electron chi connectivity index (χ0n) is 15.9. The Bertz CT molecular complexity index is 810. The van der Waals surface area contributed by atoms with E-state index in [-0.39, 0.29) is 0 Å². The molecule has 0 heterocycles. The molecule has 2 rings (SSSR count). The standard InChI is InChI=1S/C19H22N2O6/c1-23-14-6-7-15(24-2)13(8-14)11-20-21-19(22)12-9-16(25-3)18(27-5)17(10-12)26-4/h6-11H,1-5H3,(H,21,22). The minimum atomic E-state index is -0.438. The Morgan fingerprint density at radius 3 is 2.00 bits per heavy atom. The zero-order valence-corrected chi connectivity index (χ0v) is 15.9. The highest BCUT2D eigenvalue weighted by Crippen LogP contribution is 2.38. The van der Waals surface area contributed by atoms with E-state index in [1.165, 1.54) is 27.5 Å². The lowest BCUT2D eigenvalue weighted by molar-refractivity contribution is 0.0954. The van der Waals surface area contributed by atoms with Crippen molar-refractivity contribution in [3.05, 3.63) is 41.5 Å². The van der Waals surface area contributed by atoms with Gasteiger partial charge in [0.1, 0.15) is 11.5 Å². The van der Waals surface area contributed by atoms with E-state index in [1.54, 1.807) is 44.6 Å². The van der Waals surface area contributed by atoms with Gasteiger partial charge >= 0.3 is 0 Å². The van der Waals surface area contributed by atoms with Crippen LogP contribution in [0.1, 0.15) is 15.9 Å². The lowest BCUT2D eigenvalue weighted by Crippen LogP contribution is -2.18. The van der Waals surface area contributed by atoms with Crippen molar-refractivity contribution in [1.29, 1.82) is 0 Å². The first-order chi connectivity index (χ1) is 13.1. The van der Waals surface area contributed by atoms with Crippen molar-refractivity contribution in [3.63, 3.8) is 0 Å². The molecule has 1 N–H and O–H groups in total. The highest BCUT2D eigenvalue weighted by molar-refractivity contribution is 5.96. The molecule has 2 aromatic carbocycles. The third kappa shape index (κ3) is 4.60. The molecule has 0 unspecified atom stereocenters. The van der Waals surface area contributed by atoms with Gasteiger partial charge in [-0.1, -0.05) is 0 Å². The second-order valence-corrected chi connectivity index (χ2v) is 5.22. The number of amides is 1. The smallest absolute Gasteiger partial charge is 0.271 e. The Hall–Kier alpha value is -3.42. The van der Waals surface area contributed by atoms with Crippen LogP contribution in [0.25, 0.3) is 0 Å². The fourth-order valence-corrected chi connectivity index (χ4v) is 2.38. The Morgan fingerprint density at radius 1 is 0.852 bits per heavy atom. The molecule has 0 bridgehead atoms. The summed E-state index contributed by atoms with van der Waals surface area (Å²) in [4.78, 5) is 12.4. The molecular formula is C19H22N2O6. The summed E-state index contributed by atoms with van der Waals surface area (Å²) in [7, 11) is 7.56. The van der Waals surface area contributed by atoms with Crippen molar-refractivity contribution < 1.29 is 28.5 Å². The van der Waals surface area contributed by atoms with Crippen LogP contribution in [0.4, 0.5) is 0 Å². The number of hydrogen-bond donors (Lipinski definition) is 1. The van der Waals surface area contributed by atoms with E-state index in [0.29, 0.717) is 39.9 Å². The van der Waals surface area contributed by atoms with E-state index < -0.39 is 5.91 Å². The second-order valence-electron chi connectivity index (χ2n) is 5.22. The third-order valence-corrected chi connectivity index (χ3v) is 3.73. The van der Waals surface area contributed by atoms with E-state index in [1.807, 2.05) is 0 Å². The van der Waals surface area contributed by atoms with E-state index in [2.05, 4.69) is 10.5 Å². The second kappa shape index (κ2) is 9.33. The van der Waals surface area contributed by atoms with E-state index >= 15 is 0 Å². The summed E-state index contributed by atoms with van der Waals surface area (Å²) in [6.45, 7) is 0. The maximum Gasteiger partial charge on any atom is 0.271 e. The molecule has 0 aliphatic heterocycles. The van der Waals surface area contributed by atoms with Crippen molar-refractivity contribution in [1.82, 2.24) is 5.43 Å². The Morgan fingerprint density at radius 2 is 1.48 bits per heavy atom. The van der Waals surface area contributed by atoms with Crippen LogP contribution in [0.3, 0.4) is 0 Å². The average Bonchev–Trinajstić information content (AvgIpc) is 2.72. The molecule has 144 valence electrons. The number of rotatable bonds is 8. The van der Waals surface area contributed by atoms with Crippen LogP contribution >= 0.6 is 0 Å². The van der Waals surface area contributed by atoms with Crippen molar-refractivity contribution in [2.45, 2.75) is 0 Å². The summed E-state index contributed by atoms with van der Waals surface area (Å²) >= 11 is 0. The van der Waals surface area contributed by atoms with Crippen LogP contribution in [0.15, 0.2) is 35.4 Å². The summed E-state index contributed by atoms with van der Waals surface area (Å²) in [6.07, 6.45) is 1.47. The minimum Gasteiger partial charge on any atom is -0.497 e. The Labute approximate surface area is 157 Å². The lowest BCUT2D eigenvalue weighted by atomic mass is 10.1. The average molecular weight is 374 g/mol. The van der Waals surface area contributed by atoms with Gasteiger partial charge in [0, 0.05) is 11.1 Å². The van der Waals surface area contributed by atoms with Crippen LogP contribution in [-0.2, 0) is 0 Å². The number of benzene rings is 2. The molecule has 0 radical (unpaired) electrons. The number of nitrogens with one attached hydrogen (secondary N) is 1. The topological polar surface area (TPSA) is 87.6 Å². The predicted molar refractivity (Wildman–Crippen MR) is 101 cm³/mol. The van der Waals surface area contributed by atoms with E-state index in [9.17, 15) is 4.79 Å². The lowest BCUT2D eigenvalue weighted by Gasteiger charge is -2.13. The first-order valence-electron chi connectivity index (χ1n) is 7.93. The molecule has 27 heavy (non-hydrogen) atoms. The predicted octanol–water partition coefficient (Wildman–Crippen LogP) is 2.49. The van der Waals surface area contributed by atoms with Gasteiger partial charge in [0.05, 0.1) is 41.8 Å². The van der Waals surface area contributed by atoms with Gasteiger partial charge in [0.2, 0.25) is 5.75 Å². The summed E-state index contributed by atoms with van der Waals surface area (Å²) in [5.41, 5.74) is 3.42. The van der Waals surface area contributed by atoms with E-state index in [0.717, 1.165) is 0 Å². The fourth-order valence-electron chi connectivity index (χ4n) is 2.38. The summed E-state index contributed by atoms with van der Waals surface area (Å²) < 4.78 is 26.2. The third-order valence-electron chi connectivity index (χ3n) is 3.73. The van der Waals surface area contributed by atoms with Crippen LogP contribution < -0.4 is 29.1 Å². The SMILES string of the molecule is COc1ccc(OC)c(C=NNC(=O)c2cc(OC)c(OC)c(OC)c2)c1. The van der Waals surface area contributed by atoms with Gasteiger partial charge in [-0.2, -0.15) is 5.10 Å². The van der Waals surface area contributed by atoms with Crippen LogP contribution in [-0.4, -0.2) is 47.7 Å². The van der Waals surface area contributed by atoms with Gasteiger partial charge in [-0.05, 0) is 30.3 Å².